The van der Waals surface area contributed by atoms with E-state index in [4.69, 9.17) is 9.15 Å². The van der Waals surface area contributed by atoms with E-state index in [2.05, 4.69) is 21.2 Å². The fourth-order valence-electron chi connectivity index (χ4n) is 2.17. The van der Waals surface area contributed by atoms with Crippen molar-refractivity contribution in [3.63, 3.8) is 0 Å². The fourth-order valence-corrected chi connectivity index (χ4v) is 2.87. The molecular formula is C17H17N3O2S. The lowest BCUT2D eigenvalue weighted by molar-refractivity contribution is 0.412. The lowest BCUT2D eigenvalue weighted by Gasteiger charge is -2.01. The van der Waals surface area contributed by atoms with E-state index in [-0.39, 0.29) is 0 Å². The molecule has 0 aliphatic carbocycles. The Kier molecular flexibility index (Phi) is 4.92. The quantitative estimate of drug-likeness (QED) is 0.644. The minimum Gasteiger partial charge on any atom is -0.497 e. The molecule has 3 rings (SSSR count). The summed E-state index contributed by atoms with van der Waals surface area (Å²) >= 11 is 1.52. The Balaban J connectivity index is 1.61. The maximum atomic E-state index is 5.69. The second kappa shape index (κ2) is 7.28. The molecular weight excluding hydrogens is 310 g/mol. The molecule has 0 N–H and O–H groups in total. The van der Waals surface area contributed by atoms with Gasteiger partial charge in [0, 0.05) is 18.1 Å². The number of hydrogen-bond acceptors (Lipinski definition) is 6. The summed E-state index contributed by atoms with van der Waals surface area (Å²) in [5, 5.41) is 8.76. The molecule has 2 aromatic heterocycles. The van der Waals surface area contributed by atoms with Crippen molar-refractivity contribution < 1.29 is 9.15 Å². The zero-order valence-electron chi connectivity index (χ0n) is 13.0. The number of aromatic nitrogens is 3. The van der Waals surface area contributed by atoms with Crippen LogP contribution in [0.1, 0.15) is 22.6 Å². The van der Waals surface area contributed by atoms with Crippen LogP contribution >= 0.6 is 11.8 Å². The van der Waals surface area contributed by atoms with Gasteiger partial charge in [-0.15, -0.1) is 10.2 Å². The van der Waals surface area contributed by atoms with Gasteiger partial charge in [0.05, 0.1) is 13.5 Å². The van der Waals surface area contributed by atoms with Gasteiger partial charge in [-0.3, -0.25) is 4.98 Å². The van der Waals surface area contributed by atoms with Gasteiger partial charge in [-0.2, -0.15) is 0 Å². The SMILES string of the molecule is COc1cccc(Cc2nnc(SCc3cncc(C)c3)o2)c1. The predicted octanol–water partition coefficient (Wildman–Crippen LogP) is 3.66. The maximum absolute atomic E-state index is 5.69. The van der Waals surface area contributed by atoms with Gasteiger partial charge in [0.2, 0.25) is 5.89 Å². The summed E-state index contributed by atoms with van der Waals surface area (Å²) in [6.45, 7) is 2.03. The molecule has 3 aromatic rings. The van der Waals surface area contributed by atoms with Gasteiger partial charge in [0.1, 0.15) is 5.75 Å². The smallest absolute Gasteiger partial charge is 0.276 e. The highest BCUT2D eigenvalue weighted by Gasteiger charge is 2.08. The Labute approximate surface area is 139 Å². The Bertz CT molecular complexity index is 789. The molecule has 0 amide bonds. The van der Waals surface area contributed by atoms with Crippen molar-refractivity contribution in [1.82, 2.24) is 15.2 Å². The van der Waals surface area contributed by atoms with E-state index in [9.17, 15) is 0 Å². The van der Waals surface area contributed by atoms with Crippen LogP contribution in [0.5, 0.6) is 5.75 Å². The molecule has 0 atom stereocenters. The van der Waals surface area contributed by atoms with Crippen molar-refractivity contribution in [1.29, 1.82) is 0 Å². The number of nitrogens with zero attached hydrogens (tertiary/aromatic N) is 3. The zero-order valence-corrected chi connectivity index (χ0v) is 13.8. The molecule has 0 saturated carbocycles. The van der Waals surface area contributed by atoms with Crippen molar-refractivity contribution >= 4 is 11.8 Å². The van der Waals surface area contributed by atoms with Crippen LogP contribution in [0.25, 0.3) is 0 Å². The normalized spacial score (nSPS) is 10.7. The summed E-state index contributed by atoms with van der Waals surface area (Å²) in [6, 6.07) is 9.94. The van der Waals surface area contributed by atoms with Gasteiger partial charge < -0.3 is 9.15 Å². The summed E-state index contributed by atoms with van der Waals surface area (Å²) in [5.74, 6) is 2.18. The van der Waals surface area contributed by atoms with E-state index >= 15 is 0 Å². The molecule has 0 radical (unpaired) electrons. The van der Waals surface area contributed by atoms with Crippen molar-refractivity contribution in [3.05, 3.63) is 65.3 Å². The van der Waals surface area contributed by atoms with E-state index < -0.39 is 0 Å². The van der Waals surface area contributed by atoms with Gasteiger partial charge in [-0.05, 0) is 35.7 Å². The highest BCUT2D eigenvalue weighted by Crippen LogP contribution is 2.23. The molecule has 23 heavy (non-hydrogen) atoms. The van der Waals surface area contributed by atoms with Crippen LogP contribution in [0.15, 0.2) is 52.4 Å². The lowest BCUT2D eigenvalue weighted by atomic mass is 10.1. The second-order valence-electron chi connectivity index (χ2n) is 5.15. The molecule has 0 bridgehead atoms. The number of hydrogen-bond donors (Lipinski definition) is 0. The summed E-state index contributed by atoms with van der Waals surface area (Å²) in [5.41, 5.74) is 3.36. The van der Waals surface area contributed by atoms with E-state index in [1.54, 1.807) is 7.11 Å². The minimum absolute atomic E-state index is 0.574. The summed E-state index contributed by atoms with van der Waals surface area (Å²) in [6.07, 6.45) is 4.29. The third-order valence-corrected chi connectivity index (χ3v) is 4.12. The second-order valence-corrected chi connectivity index (χ2v) is 6.08. The van der Waals surface area contributed by atoms with Crippen LogP contribution in [0.4, 0.5) is 0 Å². The molecule has 0 aliphatic rings. The molecule has 2 heterocycles. The van der Waals surface area contributed by atoms with Gasteiger partial charge in [0.15, 0.2) is 0 Å². The summed E-state index contributed by atoms with van der Waals surface area (Å²) < 4.78 is 10.9. The van der Waals surface area contributed by atoms with Crippen LogP contribution in [-0.4, -0.2) is 22.3 Å². The van der Waals surface area contributed by atoms with Crippen LogP contribution in [0, 0.1) is 6.92 Å². The first kappa shape index (κ1) is 15.6. The van der Waals surface area contributed by atoms with Crippen molar-refractivity contribution in [3.8, 4) is 5.75 Å². The van der Waals surface area contributed by atoms with Crippen LogP contribution in [-0.2, 0) is 12.2 Å². The molecule has 0 unspecified atom stereocenters. The average molecular weight is 327 g/mol. The summed E-state index contributed by atoms with van der Waals surface area (Å²) in [4.78, 5) is 4.18. The highest BCUT2D eigenvalue weighted by atomic mass is 32.2. The van der Waals surface area contributed by atoms with Crippen molar-refractivity contribution in [2.45, 2.75) is 24.3 Å². The summed E-state index contributed by atoms with van der Waals surface area (Å²) in [7, 11) is 1.65. The number of aryl methyl sites for hydroxylation is 1. The first-order valence-corrected chi connectivity index (χ1v) is 8.20. The number of ether oxygens (including phenoxy) is 1. The van der Waals surface area contributed by atoms with Gasteiger partial charge in [-0.25, -0.2) is 0 Å². The third kappa shape index (κ3) is 4.32. The molecule has 0 saturated heterocycles. The number of rotatable bonds is 6. The topological polar surface area (TPSA) is 61.0 Å². The van der Waals surface area contributed by atoms with Gasteiger partial charge in [-0.1, -0.05) is 30.0 Å². The van der Waals surface area contributed by atoms with Crippen LogP contribution in [0.2, 0.25) is 0 Å². The largest absolute Gasteiger partial charge is 0.497 e. The van der Waals surface area contributed by atoms with Crippen LogP contribution < -0.4 is 4.74 Å². The molecule has 0 aliphatic heterocycles. The lowest BCUT2D eigenvalue weighted by Crippen LogP contribution is -1.90. The molecule has 1 aromatic carbocycles. The number of methoxy groups -OCH3 is 1. The van der Waals surface area contributed by atoms with Crippen molar-refractivity contribution in [2.75, 3.05) is 7.11 Å². The molecule has 0 spiro atoms. The Morgan fingerprint density at radius 1 is 1.13 bits per heavy atom. The maximum Gasteiger partial charge on any atom is 0.276 e. The Morgan fingerprint density at radius 3 is 2.87 bits per heavy atom. The zero-order chi connectivity index (χ0) is 16.1. The molecule has 6 heteroatoms. The fraction of sp³-hybridized carbons (Fsp3) is 0.235. The number of benzene rings is 1. The van der Waals surface area contributed by atoms with E-state index in [1.165, 1.54) is 11.8 Å². The van der Waals surface area contributed by atoms with E-state index in [0.717, 1.165) is 28.2 Å². The Morgan fingerprint density at radius 2 is 2.04 bits per heavy atom. The highest BCUT2D eigenvalue weighted by molar-refractivity contribution is 7.98. The Hall–Kier alpha value is -2.34. The standard InChI is InChI=1S/C17H17N3O2S/c1-12-6-14(10-18-9-12)11-23-17-20-19-16(22-17)8-13-4-3-5-15(7-13)21-2/h3-7,9-10H,8,11H2,1-2H3. The average Bonchev–Trinajstić information content (AvgIpc) is 3.01. The van der Waals surface area contributed by atoms with E-state index in [1.807, 2.05) is 43.6 Å². The number of thioether (sulfide) groups is 1. The number of pyridine rings is 1. The first-order valence-electron chi connectivity index (χ1n) is 7.21. The monoisotopic (exact) mass is 327 g/mol. The van der Waals surface area contributed by atoms with E-state index in [0.29, 0.717) is 17.5 Å². The van der Waals surface area contributed by atoms with Crippen molar-refractivity contribution in [2.24, 2.45) is 0 Å². The molecule has 5 nitrogen and oxygen atoms in total. The van der Waals surface area contributed by atoms with Gasteiger partial charge >= 0.3 is 0 Å². The first-order chi connectivity index (χ1) is 11.2. The minimum atomic E-state index is 0.574. The molecule has 118 valence electrons. The molecule has 0 fully saturated rings. The predicted molar refractivity (Wildman–Crippen MR) is 88.6 cm³/mol. The van der Waals surface area contributed by atoms with Gasteiger partial charge in [0.25, 0.3) is 5.22 Å². The van der Waals surface area contributed by atoms with Crippen LogP contribution in [0.3, 0.4) is 0 Å². The third-order valence-electron chi connectivity index (χ3n) is 3.23.